The first-order valence-corrected chi connectivity index (χ1v) is 8.25. The van der Waals surface area contributed by atoms with Crippen LogP contribution >= 0.6 is 0 Å². The fourth-order valence-corrected chi connectivity index (χ4v) is 4.42. The van der Waals surface area contributed by atoms with Crippen LogP contribution in [0.1, 0.15) is 45.4 Å². The molecule has 19 heavy (non-hydrogen) atoms. The molecule has 3 rings (SSSR count). The molecule has 0 amide bonds. The number of nitrogens with zero attached hydrogens (tertiary/aromatic N) is 2. The number of piperazine rings is 1. The molecule has 1 spiro atoms. The van der Waals surface area contributed by atoms with Gasteiger partial charge in [0.05, 0.1) is 0 Å². The summed E-state index contributed by atoms with van der Waals surface area (Å²) in [6, 6.07) is 0. The largest absolute Gasteiger partial charge is 0.309 e. The summed E-state index contributed by atoms with van der Waals surface area (Å²) in [6.07, 6.45) is 8.43. The summed E-state index contributed by atoms with van der Waals surface area (Å²) in [4.78, 5) is 5.26. The van der Waals surface area contributed by atoms with Crippen molar-refractivity contribution in [3.8, 4) is 0 Å². The van der Waals surface area contributed by atoms with Gasteiger partial charge in [-0.05, 0) is 51.2 Å². The van der Waals surface area contributed by atoms with Gasteiger partial charge in [0, 0.05) is 31.7 Å². The van der Waals surface area contributed by atoms with E-state index >= 15 is 0 Å². The average molecular weight is 265 g/mol. The van der Waals surface area contributed by atoms with Gasteiger partial charge >= 0.3 is 0 Å². The molecule has 0 aromatic rings. The maximum atomic E-state index is 3.83. The van der Waals surface area contributed by atoms with E-state index in [0.29, 0.717) is 11.0 Å². The van der Waals surface area contributed by atoms with Gasteiger partial charge in [0.2, 0.25) is 0 Å². The maximum absolute atomic E-state index is 3.83. The lowest BCUT2D eigenvalue weighted by Crippen LogP contribution is -2.60. The molecule has 2 saturated heterocycles. The molecular weight excluding hydrogens is 234 g/mol. The van der Waals surface area contributed by atoms with Crippen molar-refractivity contribution in [1.82, 2.24) is 15.1 Å². The first kappa shape index (κ1) is 13.8. The minimum absolute atomic E-state index is 0.486. The Balaban J connectivity index is 1.57. The molecule has 0 bridgehead atoms. The van der Waals surface area contributed by atoms with Gasteiger partial charge in [-0.2, -0.15) is 0 Å². The molecule has 1 N–H and O–H groups in total. The molecule has 1 aliphatic carbocycles. The Labute approximate surface area is 118 Å². The SMILES string of the molecule is CN1CCC(C)(CN2CCNC3(CCCC3)C2)CC1. The Kier molecular flexibility index (Phi) is 3.89. The third kappa shape index (κ3) is 3.14. The van der Waals surface area contributed by atoms with Crippen LogP contribution < -0.4 is 5.32 Å². The van der Waals surface area contributed by atoms with Crippen molar-refractivity contribution in [3.63, 3.8) is 0 Å². The zero-order valence-corrected chi connectivity index (χ0v) is 12.9. The van der Waals surface area contributed by atoms with E-state index in [0.717, 1.165) is 0 Å². The predicted octanol–water partition coefficient (Wildman–Crippen LogP) is 1.94. The second-order valence-electron chi connectivity index (χ2n) is 7.74. The number of rotatable bonds is 2. The van der Waals surface area contributed by atoms with Crippen molar-refractivity contribution >= 4 is 0 Å². The molecular formula is C16H31N3. The van der Waals surface area contributed by atoms with Crippen LogP contribution in [0.15, 0.2) is 0 Å². The monoisotopic (exact) mass is 265 g/mol. The lowest BCUT2D eigenvalue weighted by atomic mass is 9.79. The van der Waals surface area contributed by atoms with Crippen LogP contribution in [0.4, 0.5) is 0 Å². The average Bonchev–Trinajstić information content (AvgIpc) is 2.81. The van der Waals surface area contributed by atoms with E-state index in [4.69, 9.17) is 0 Å². The van der Waals surface area contributed by atoms with Crippen LogP contribution in [0.3, 0.4) is 0 Å². The second-order valence-corrected chi connectivity index (χ2v) is 7.74. The summed E-state index contributed by atoms with van der Waals surface area (Å²) in [6.45, 7) is 10.2. The Morgan fingerprint density at radius 1 is 1.00 bits per heavy atom. The van der Waals surface area contributed by atoms with E-state index in [1.54, 1.807) is 0 Å². The van der Waals surface area contributed by atoms with E-state index in [9.17, 15) is 0 Å². The van der Waals surface area contributed by atoms with E-state index in [2.05, 4.69) is 29.1 Å². The Hall–Kier alpha value is -0.120. The summed E-state index contributed by atoms with van der Waals surface area (Å²) in [7, 11) is 2.26. The van der Waals surface area contributed by atoms with Crippen molar-refractivity contribution in [2.75, 3.05) is 46.3 Å². The zero-order chi connectivity index (χ0) is 13.3. The molecule has 0 aromatic heterocycles. The molecule has 110 valence electrons. The van der Waals surface area contributed by atoms with E-state index in [1.807, 2.05) is 0 Å². The Morgan fingerprint density at radius 3 is 2.37 bits per heavy atom. The molecule has 3 nitrogen and oxygen atoms in total. The number of nitrogens with one attached hydrogen (secondary N) is 1. The molecule has 3 aliphatic rings. The van der Waals surface area contributed by atoms with Gasteiger partial charge in [-0.3, -0.25) is 4.90 Å². The van der Waals surface area contributed by atoms with Crippen LogP contribution in [-0.2, 0) is 0 Å². The minimum atomic E-state index is 0.486. The highest BCUT2D eigenvalue weighted by atomic mass is 15.2. The van der Waals surface area contributed by atoms with E-state index in [1.165, 1.54) is 77.8 Å². The van der Waals surface area contributed by atoms with E-state index in [-0.39, 0.29) is 0 Å². The lowest BCUT2D eigenvalue weighted by molar-refractivity contribution is 0.0526. The summed E-state index contributed by atoms with van der Waals surface area (Å²) in [5, 5.41) is 3.83. The quantitative estimate of drug-likeness (QED) is 0.823. The van der Waals surface area contributed by atoms with Crippen LogP contribution in [0.25, 0.3) is 0 Å². The molecule has 0 radical (unpaired) electrons. The maximum Gasteiger partial charge on any atom is 0.0309 e. The molecule has 2 aliphatic heterocycles. The van der Waals surface area contributed by atoms with E-state index < -0.39 is 0 Å². The minimum Gasteiger partial charge on any atom is -0.309 e. The van der Waals surface area contributed by atoms with Crippen LogP contribution in [0, 0.1) is 5.41 Å². The highest BCUT2D eigenvalue weighted by Gasteiger charge is 2.39. The molecule has 0 atom stereocenters. The molecule has 2 heterocycles. The molecule has 0 aromatic carbocycles. The first-order valence-electron chi connectivity index (χ1n) is 8.25. The smallest absolute Gasteiger partial charge is 0.0309 e. The van der Waals surface area contributed by atoms with Gasteiger partial charge in [0.25, 0.3) is 0 Å². The first-order chi connectivity index (χ1) is 9.09. The van der Waals surface area contributed by atoms with Gasteiger partial charge in [-0.15, -0.1) is 0 Å². The number of likely N-dealkylation sites (tertiary alicyclic amines) is 1. The number of hydrogen-bond acceptors (Lipinski definition) is 3. The van der Waals surface area contributed by atoms with Crippen molar-refractivity contribution in [3.05, 3.63) is 0 Å². The molecule has 3 heteroatoms. The fourth-order valence-electron chi connectivity index (χ4n) is 4.42. The highest BCUT2D eigenvalue weighted by molar-refractivity contribution is 4.99. The summed E-state index contributed by atoms with van der Waals surface area (Å²) in [5.74, 6) is 0. The standard InChI is InChI=1S/C16H31N3/c1-15(7-10-18(2)11-8-15)13-19-12-9-17-16(14-19)5-3-4-6-16/h17H,3-14H2,1-2H3. The zero-order valence-electron chi connectivity index (χ0n) is 12.9. The summed E-state index contributed by atoms with van der Waals surface area (Å²) >= 11 is 0. The molecule has 1 saturated carbocycles. The number of piperidine rings is 1. The van der Waals surface area contributed by atoms with Crippen LogP contribution in [0.2, 0.25) is 0 Å². The fraction of sp³-hybridized carbons (Fsp3) is 1.00. The summed E-state index contributed by atoms with van der Waals surface area (Å²) < 4.78 is 0. The van der Waals surface area contributed by atoms with Crippen LogP contribution in [0.5, 0.6) is 0 Å². The normalized spacial score (nSPS) is 31.9. The van der Waals surface area contributed by atoms with Crippen molar-refractivity contribution in [2.45, 2.75) is 51.0 Å². The lowest BCUT2D eigenvalue weighted by Gasteiger charge is -2.46. The Morgan fingerprint density at radius 2 is 1.68 bits per heavy atom. The van der Waals surface area contributed by atoms with Crippen LogP contribution in [-0.4, -0.2) is 61.7 Å². The van der Waals surface area contributed by atoms with Gasteiger partial charge in [-0.1, -0.05) is 19.8 Å². The number of hydrogen-bond donors (Lipinski definition) is 1. The summed E-state index contributed by atoms with van der Waals surface area (Å²) in [5.41, 5.74) is 1.05. The van der Waals surface area contributed by atoms with Crippen molar-refractivity contribution in [1.29, 1.82) is 0 Å². The van der Waals surface area contributed by atoms with Crippen molar-refractivity contribution < 1.29 is 0 Å². The van der Waals surface area contributed by atoms with Gasteiger partial charge in [0.1, 0.15) is 0 Å². The highest BCUT2D eigenvalue weighted by Crippen LogP contribution is 2.35. The van der Waals surface area contributed by atoms with Gasteiger partial charge in [-0.25, -0.2) is 0 Å². The third-order valence-electron chi connectivity index (χ3n) is 5.81. The predicted molar refractivity (Wildman–Crippen MR) is 80.5 cm³/mol. The molecule has 3 fully saturated rings. The third-order valence-corrected chi connectivity index (χ3v) is 5.81. The Bertz CT molecular complexity index is 301. The second kappa shape index (κ2) is 5.34. The van der Waals surface area contributed by atoms with Gasteiger partial charge in [0.15, 0.2) is 0 Å². The molecule has 0 unspecified atom stereocenters. The van der Waals surface area contributed by atoms with Crippen molar-refractivity contribution in [2.24, 2.45) is 5.41 Å². The van der Waals surface area contributed by atoms with Gasteiger partial charge < -0.3 is 10.2 Å². The topological polar surface area (TPSA) is 18.5 Å².